The van der Waals surface area contributed by atoms with Gasteiger partial charge in [0, 0.05) is 6.92 Å². The van der Waals surface area contributed by atoms with Crippen LogP contribution >= 0.6 is 0 Å². The molecule has 1 aromatic carbocycles. The molecule has 8 heteroatoms. The van der Waals surface area contributed by atoms with Gasteiger partial charge in [0.25, 0.3) is 5.97 Å². The zero-order valence-corrected chi connectivity index (χ0v) is 15.0. The van der Waals surface area contributed by atoms with Crippen LogP contribution in [0, 0.1) is 0 Å². The number of anilines is 1. The summed E-state index contributed by atoms with van der Waals surface area (Å²) in [5.74, 6) is -0.833. The minimum atomic E-state index is -3.57. The van der Waals surface area contributed by atoms with E-state index in [-0.39, 0.29) is 4.90 Å². The molecule has 1 aromatic rings. The Labute approximate surface area is 110 Å². The van der Waals surface area contributed by atoms with Crippen molar-refractivity contribution in [3.8, 4) is 0 Å². The molecule has 0 aliphatic carbocycles. The van der Waals surface area contributed by atoms with Gasteiger partial charge in [-0.25, -0.2) is 0 Å². The number of carboxylic acid groups (broad SMARTS) is 1. The molecular weight excluding hydrogens is 421 g/mol. The molecule has 0 unspecified atom stereocenters. The Hall–Kier alpha value is -0.665. The van der Waals surface area contributed by atoms with Gasteiger partial charge in [-0.2, -0.15) is 0 Å². The molecule has 85 valence electrons. The van der Waals surface area contributed by atoms with Crippen LogP contribution < -0.4 is 13.9 Å². The summed E-state index contributed by atoms with van der Waals surface area (Å²) in [6, 6.07) is 4.52. The van der Waals surface area contributed by atoms with Crippen molar-refractivity contribution in [2.45, 2.75) is 11.8 Å². The fraction of sp³-hybridized carbons (Fsp3) is 0.125. The topological polar surface area (TPSA) is 123 Å². The van der Waals surface area contributed by atoms with Crippen LogP contribution in [0.4, 0.5) is 5.69 Å². The average Bonchev–Trinajstić information content (AvgIpc) is 2.06. The molecule has 5 N–H and O–H groups in total. The first-order chi connectivity index (χ1) is 7.14. The zero-order valence-electron chi connectivity index (χ0n) is 8.67. The average molecular weight is 432 g/mol. The normalized spacial score (nSPS) is 10.2. The van der Waals surface area contributed by atoms with E-state index in [2.05, 4.69) is 0 Å². The molecule has 0 aliphatic rings. The van der Waals surface area contributed by atoms with E-state index in [1.165, 1.54) is 12.1 Å². The Bertz CT molecular complexity index is 483. The van der Waals surface area contributed by atoms with Gasteiger partial charge in [-0.15, -0.1) is 0 Å². The van der Waals surface area contributed by atoms with Crippen molar-refractivity contribution in [3.63, 3.8) is 0 Å². The number of carboxylic acids is 1. The number of aliphatic carboxylic acids is 1. The number of benzene rings is 1. The summed E-state index contributed by atoms with van der Waals surface area (Å²) in [4.78, 5) is 9.14. The van der Waals surface area contributed by atoms with Crippen LogP contribution in [0.25, 0.3) is 0 Å². The molecule has 0 heterocycles. The van der Waals surface area contributed by atoms with E-state index in [9.17, 15) is 8.42 Å². The fourth-order valence-electron chi connectivity index (χ4n) is 0.759. The number of rotatable bonds is 1. The Morgan fingerprint density at radius 1 is 1.44 bits per heavy atom. The number of hydrogen-bond donors (Lipinski definition) is 3. The molecule has 0 saturated carbocycles. The number of sulfonamides is 1. The van der Waals surface area contributed by atoms with Crippen LogP contribution in [-0.4, -0.2) is 19.5 Å². The molecule has 0 bridgehead atoms. The Morgan fingerprint density at radius 3 is 2.19 bits per heavy atom. The van der Waals surface area contributed by atoms with Crippen molar-refractivity contribution in [1.29, 1.82) is 0 Å². The molecule has 1 rings (SSSR count). The van der Waals surface area contributed by atoms with Crippen molar-refractivity contribution in [1.82, 2.24) is 0 Å². The minimum absolute atomic E-state index is 0.140. The van der Waals surface area contributed by atoms with Gasteiger partial charge in [0.05, 0.1) is 0 Å². The van der Waals surface area contributed by atoms with Gasteiger partial charge < -0.3 is 5.11 Å². The predicted octanol–water partition coefficient (Wildman–Crippen LogP) is -0.821. The molecule has 0 spiro atoms. The van der Waals surface area contributed by atoms with E-state index in [0.717, 1.165) is 10.00 Å². The first-order valence-electron chi connectivity index (χ1n) is 4.08. The van der Waals surface area contributed by atoms with Crippen LogP contribution in [-0.2, 0) is 40.9 Å². The summed E-state index contributed by atoms with van der Waals surface area (Å²) in [6.07, 6.45) is 0. The predicted molar refractivity (Wildman–Crippen MR) is 55.2 cm³/mol. The van der Waals surface area contributed by atoms with Crippen molar-refractivity contribution < 1.29 is 44.4 Å². The summed E-state index contributed by atoms with van der Waals surface area (Å²) in [5, 5.41) is 12.3. The number of carbonyl (C=O) groups is 1. The van der Waals surface area contributed by atoms with Gasteiger partial charge in [0.15, 0.2) is 0 Å². The Balaban J connectivity index is 0.000000487. The second kappa shape index (κ2) is 6.16. The third kappa shape index (κ3) is 6.04. The van der Waals surface area contributed by atoms with Gasteiger partial charge in [-0.05, 0) is 0 Å². The van der Waals surface area contributed by atoms with Crippen molar-refractivity contribution in [2.24, 2.45) is 5.14 Å². The third-order valence-electron chi connectivity index (χ3n) is 1.44. The quantitative estimate of drug-likeness (QED) is 0.396. The van der Waals surface area contributed by atoms with Gasteiger partial charge in [-0.3, -0.25) is 4.79 Å². The van der Waals surface area contributed by atoms with Crippen LogP contribution in [0.3, 0.4) is 0 Å². The van der Waals surface area contributed by atoms with Crippen LogP contribution in [0.1, 0.15) is 6.92 Å². The van der Waals surface area contributed by atoms with Crippen molar-refractivity contribution in [2.75, 3.05) is 5.73 Å². The second-order valence-electron chi connectivity index (χ2n) is 2.92. The van der Waals surface area contributed by atoms with E-state index in [0.29, 0.717) is 31.8 Å². The molecule has 0 aliphatic heterocycles. The molecule has 6 nitrogen and oxygen atoms in total. The third-order valence-corrected chi connectivity index (χ3v) is 4.73. The summed E-state index contributed by atoms with van der Waals surface area (Å²) in [6.45, 7) is 1.08. The monoisotopic (exact) mass is 433 g/mol. The Kier molecular flexibility index (Phi) is 5.91. The van der Waals surface area contributed by atoms with E-state index in [4.69, 9.17) is 20.8 Å². The van der Waals surface area contributed by atoms with Crippen molar-refractivity contribution in [3.05, 3.63) is 18.2 Å². The standard InChI is InChI=1S/C6H7N2O2S.C2H4O2.Hg/c7-5-1-3-6(4-2-5)11(8,9)10;1-2(3)4;/h1,3-4H,7H2,(H2,8,9,10);1H3,(H,3,4);. The van der Waals surface area contributed by atoms with Crippen LogP contribution in [0.15, 0.2) is 23.1 Å². The summed E-state index contributed by atoms with van der Waals surface area (Å²) >= 11 is 0.308. The van der Waals surface area contributed by atoms with E-state index in [1.807, 2.05) is 0 Å². The maximum atomic E-state index is 10.9. The summed E-state index contributed by atoms with van der Waals surface area (Å²) in [7, 11) is -3.57. The molecular formula is C8H11HgN2O4S. The van der Waals surface area contributed by atoms with Crippen LogP contribution in [0.2, 0.25) is 0 Å². The van der Waals surface area contributed by atoms with Gasteiger partial charge in [0.2, 0.25) is 0 Å². The van der Waals surface area contributed by atoms with E-state index >= 15 is 0 Å². The molecule has 0 radical (unpaired) electrons. The Morgan fingerprint density at radius 2 is 1.88 bits per heavy atom. The first-order valence-corrected chi connectivity index (χ1v) is 8.38. The number of nitrogens with two attached hydrogens (primary N) is 2. The molecule has 0 atom stereocenters. The maximum absolute atomic E-state index is 10.9. The SMILES string of the molecule is CC(=O)O.Nc1ccc(S(N)(=O)=O)c[c]1[Hg]. The number of hydrogen-bond acceptors (Lipinski definition) is 4. The van der Waals surface area contributed by atoms with Crippen molar-refractivity contribution >= 4 is 24.8 Å². The molecule has 16 heavy (non-hydrogen) atoms. The fourth-order valence-corrected chi connectivity index (χ4v) is 3.21. The molecule has 0 aromatic heterocycles. The van der Waals surface area contributed by atoms with Crippen LogP contribution in [0.5, 0.6) is 0 Å². The van der Waals surface area contributed by atoms with Gasteiger partial charge >= 0.3 is 87.3 Å². The summed E-state index contributed by atoms with van der Waals surface area (Å²) in [5.41, 5.74) is 6.19. The molecule has 0 saturated heterocycles. The van der Waals surface area contributed by atoms with Gasteiger partial charge in [0.1, 0.15) is 0 Å². The zero-order chi connectivity index (χ0) is 12.9. The van der Waals surface area contributed by atoms with E-state index in [1.54, 1.807) is 6.07 Å². The number of nitrogen functional groups attached to an aromatic ring is 1. The second-order valence-corrected chi connectivity index (χ2v) is 7.45. The first kappa shape index (κ1) is 15.3. The van der Waals surface area contributed by atoms with Gasteiger partial charge in [-0.1, -0.05) is 0 Å². The summed E-state index contributed by atoms with van der Waals surface area (Å²) < 4.78 is 22.6. The van der Waals surface area contributed by atoms with E-state index < -0.39 is 16.0 Å². The number of primary sulfonamides is 1. The molecule has 0 fully saturated rings. The molecule has 0 amide bonds.